The fraction of sp³-hybridized carbons (Fsp3) is 0.200. The van der Waals surface area contributed by atoms with Gasteiger partial charge in [0.25, 0.3) is 0 Å². The van der Waals surface area contributed by atoms with Crippen LogP contribution in [0.15, 0.2) is 22.7 Å². The van der Waals surface area contributed by atoms with Crippen molar-refractivity contribution in [3.8, 4) is 0 Å². The van der Waals surface area contributed by atoms with Crippen LogP contribution in [-0.4, -0.2) is 17.2 Å². The Kier molecular flexibility index (Phi) is 3.05. The highest BCUT2D eigenvalue weighted by molar-refractivity contribution is 6.31. The number of rotatable bonds is 3. The second-order valence-corrected chi connectivity index (χ2v) is 3.59. The number of anilines is 1. The molecule has 0 bridgehead atoms. The molecule has 1 N–H and O–H groups in total. The molecule has 0 unspecified atom stereocenters. The van der Waals surface area contributed by atoms with Crippen molar-refractivity contribution >= 4 is 17.6 Å². The summed E-state index contributed by atoms with van der Waals surface area (Å²) in [5.41, 5.74) is 0.756. The van der Waals surface area contributed by atoms with E-state index >= 15 is 0 Å². The summed E-state index contributed by atoms with van der Waals surface area (Å²) in [5, 5.41) is 6.83. The molecule has 1 aromatic heterocycles. The van der Waals surface area contributed by atoms with E-state index in [1.807, 2.05) is 0 Å². The number of nitrogens with one attached hydrogen (secondary N) is 1. The van der Waals surface area contributed by atoms with Gasteiger partial charge in [-0.2, -0.15) is 4.98 Å². The van der Waals surface area contributed by atoms with E-state index in [1.54, 1.807) is 13.1 Å². The van der Waals surface area contributed by atoms with Crippen molar-refractivity contribution in [1.29, 1.82) is 0 Å². The first-order chi connectivity index (χ1) is 7.69. The van der Waals surface area contributed by atoms with Crippen LogP contribution in [0.5, 0.6) is 0 Å². The normalized spacial score (nSPS) is 10.4. The Labute approximate surface area is 96.4 Å². The standard InChI is InChI=1S/C10H9ClFN3O/c1-13-10-14-9(15-16-10)4-6-2-3-7(12)5-8(6)11/h2-3,5H,4H2,1H3,(H,13,14,15). The van der Waals surface area contributed by atoms with Gasteiger partial charge in [0, 0.05) is 18.5 Å². The molecule has 0 amide bonds. The zero-order chi connectivity index (χ0) is 11.5. The lowest BCUT2D eigenvalue weighted by atomic mass is 10.1. The van der Waals surface area contributed by atoms with Gasteiger partial charge in [0.2, 0.25) is 0 Å². The van der Waals surface area contributed by atoms with Crippen LogP contribution in [0.4, 0.5) is 10.4 Å². The van der Waals surface area contributed by atoms with Gasteiger partial charge < -0.3 is 9.84 Å². The van der Waals surface area contributed by atoms with Crippen LogP contribution >= 0.6 is 11.6 Å². The van der Waals surface area contributed by atoms with Gasteiger partial charge in [0.05, 0.1) is 0 Å². The Morgan fingerprint density at radius 1 is 1.50 bits per heavy atom. The fourth-order valence-corrected chi connectivity index (χ4v) is 1.50. The summed E-state index contributed by atoms with van der Waals surface area (Å²) in [5.74, 6) is 0.135. The van der Waals surface area contributed by atoms with Crippen molar-refractivity contribution < 1.29 is 8.91 Å². The molecule has 0 spiro atoms. The lowest BCUT2D eigenvalue weighted by Crippen LogP contribution is -1.93. The molecule has 0 aliphatic heterocycles. The number of benzene rings is 1. The van der Waals surface area contributed by atoms with Gasteiger partial charge in [0.15, 0.2) is 5.82 Å². The van der Waals surface area contributed by atoms with E-state index in [9.17, 15) is 4.39 Å². The van der Waals surface area contributed by atoms with Gasteiger partial charge in [-0.1, -0.05) is 22.8 Å². The van der Waals surface area contributed by atoms with Gasteiger partial charge >= 0.3 is 6.01 Å². The minimum absolute atomic E-state index is 0.341. The monoisotopic (exact) mass is 241 g/mol. The van der Waals surface area contributed by atoms with Crippen LogP contribution in [0, 0.1) is 5.82 Å². The number of nitrogens with zero attached hydrogens (tertiary/aromatic N) is 2. The Morgan fingerprint density at radius 2 is 2.31 bits per heavy atom. The first-order valence-electron chi connectivity index (χ1n) is 4.63. The van der Waals surface area contributed by atoms with Gasteiger partial charge in [0.1, 0.15) is 5.82 Å². The summed E-state index contributed by atoms with van der Waals surface area (Å²) in [7, 11) is 1.68. The van der Waals surface area contributed by atoms with Gasteiger partial charge in [-0.25, -0.2) is 4.39 Å². The van der Waals surface area contributed by atoms with Crippen LogP contribution < -0.4 is 5.32 Å². The summed E-state index contributed by atoms with van der Waals surface area (Å²) in [6.45, 7) is 0. The Bertz CT molecular complexity index is 501. The maximum atomic E-state index is 12.8. The van der Waals surface area contributed by atoms with Crippen molar-refractivity contribution in [2.45, 2.75) is 6.42 Å². The van der Waals surface area contributed by atoms with Crippen molar-refractivity contribution in [3.63, 3.8) is 0 Å². The van der Waals surface area contributed by atoms with E-state index < -0.39 is 0 Å². The Balaban J connectivity index is 2.20. The minimum Gasteiger partial charge on any atom is -0.341 e. The fourth-order valence-electron chi connectivity index (χ4n) is 1.26. The van der Waals surface area contributed by atoms with Crippen molar-refractivity contribution in [2.24, 2.45) is 0 Å². The molecule has 0 atom stereocenters. The summed E-state index contributed by atoms with van der Waals surface area (Å²) in [4.78, 5) is 4.05. The predicted octanol–water partition coefficient (Wildman–Crippen LogP) is 2.49. The molecule has 4 nitrogen and oxygen atoms in total. The summed E-state index contributed by atoms with van der Waals surface area (Å²) in [6, 6.07) is 4.55. The zero-order valence-electron chi connectivity index (χ0n) is 8.50. The molecule has 0 radical (unpaired) electrons. The molecule has 1 aromatic carbocycles. The first-order valence-corrected chi connectivity index (χ1v) is 5.01. The van der Waals surface area contributed by atoms with Gasteiger partial charge in [-0.15, -0.1) is 0 Å². The van der Waals surface area contributed by atoms with Crippen LogP contribution in [0.3, 0.4) is 0 Å². The molecular weight excluding hydrogens is 233 g/mol. The zero-order valence-corrected chi connectivity index (χ0v) is 9.25. The number of halogens is 2. The molecule has 6 heteroatoms. The van der Waals surface area contributed by atoms with Crippen LogP contribution in [-0.2, 0) is 6.42 Å². The topological polar surface area (TPSA) is 51.0 Å². The third kappa shape index (κ3) is 2.30. The predicted molar refractivity (Wildman–Crippen MR) is 58.1 cm³/mol. The van der Waals surface area contributed by atoms with Crippen molar-refractivity contribution in [3.05, 3.63) is 40.4 Å². The van der Waals surface area contributed by atoms with Gasteiger partial charge in [-0.3, -0.25) is 0 Å². The minimum atomic E-state index is -0.363. The lowest BCUT2D eigenvalue weighted by molar-refractivity contribution is 0.425. The van der Waals surface area contributed by atoms with Gasteiger partial charge in [-0.05, 0) is 17.7 Å². The smallest absolute Gasteiger partial charge is 0.321 e. The number of aromatic nitrogens is 2. The maximum absolute atomic E-state index is 12.8. The van der Waals surface area contributed by atoms with E-state index in [-0.39, 0.29) is 5.82 Å². The van der Waals surface area contributed by atoms with Crippen LogP contribution in [0.25, 0.3) is 0 Å². The molecule has 0 aliphatic rings. The molecule has 16 heavy (non-hydrogen) atoms. The SMILES string of the molecule is CNc1nc(Cc2ccc(F)cc2Cl)no1. The highest BCUT2D eigenvalue weighted by Crippen LogP contribution is 2.19. The second kappa shape index (κ2) is 4.49. The molecule has 1 heterocycles. The quantitative estimate of drug-likeness (QED) is 0.897. The Hall–Kier alpha value is -1.62. The third-order valence-electron chi connectivity index (χ3n) is 2.05. The molecular formula is C10H9ClFN3O. The van der Waals surface area contributed by atoms with E-state index in [2.05, 4.69) is 15.5 Å². The number of hydrogen-bond acceptors (Lipinski definition) is 4. The molecule has 0 saturated heterocycles. The first kappa shape index (κ1) is 10.9. The average Bonchev–Trinajstić information content (AvgIpc) is 2.70. The molecule has 0 aliphatic carbocycles. The third-order valence-corrected chi connectivity index (χ3v) is 2.40. The van der Waals surface area contributed by atoms with E-state index in [1.165, 1.54) is 12.1 Å². The van der Waals surface area contributed by atoms with Crippen LogP contribution in [0.1, 0.15) is 11.4 Å². The van der Waals surface area contributed by atoms with E-state index in [4.69, 9.17) is 16.1 Å². The Morgan fingerprint density at radius 3 is 2.94 bits per heavy atom. The molecule has 2 aromatic rings. The number of hydrogen-bond donors (Lipinski definition) is 1. The molecule has 84 valence electrons. The summed E-state index contributed by atoms with van der Waals surface area (Å²) in [6.07, 6.45) is 0.407. The van der Waals surface area contributed by atoms with E-state index in [0.717, 1.165) is 5.56 Å². The summed E-state index contributed by atoms with van der Waals surface area (Å²) < 4.78 is 17.7. The van der Waals surface area contributed by atoms with Crippen molar-refractivity contribution in [2.75, 3.05) is 12.4 Å². The average molecular weight is 242 g/mol. The lowest BCUT2D eigenvalue weighted by Gasteiger charge is -2.00. The molecule has 2 rings (SSSR count). The molecule has 0 saturated carbocycles. The van der Waals surface area contributed by atoms with Crippen LogP contribution in [0.2, 0.25) is 5.02 Å². The maximum Gasteiger partial charge on any atom is 0.321 e. The summed E-state index contributed by atoms with van der Waals surface area (Å²) >= 11 is 5.88. The van der Waals surface area contributed by atoms with Crippen molar-refractivity contribution in [1.82, 2.24) is 10.1 Å². The second-order valence-electron chi connectivity index (χ2n) is 3.18. The molecule has 0 fully saturated rings. The van der Waals surface area contributed by atoms with E-state index in [0.29, 0.717) is 23.3 Å². The largest absolute Gasteiger partial charge is 0.341 e. The highest BCUT2D eigenvalue weighted by Gasteiger charge is 2.08. The highest BCUT2D eigenvalue weighted by atomic mass is 35.5.